The third kappa shape index (κ3) is 5.69. The second-order valence-corrected chi connectivity index (χ2v) is 7.66. The van der Waals surface area contributed by atoms with E-state index in [4.69, 9.17) is 4.74 Å². The second kappa shape index (κ2) is 10.5. The minimum atomic E-state index is -0.189. The molecule has 0 aliphatic carbocycles. The molecular formula is C25H27N7O2. The summed E-state index contributed by atoms with van der Waals surface area (Å²) < 4.78 is 6.78. The van der Waals surface area contributed by atoms with Gasteiger partial charge in [0.05, 0.1) is 12.8 Å². The van der Waals surface area contributed by atoms with E-state index in [0.29, 0.717) is 30.5 Å². The van der Waals surface area contributed by atoms with E-state index in [9.17, 15) is 4.79 Å². The molecular weight excluding hydrogens is 430 g/mol. The summed E-state index contributed by atoms with van der Waals surface area (Å²) in [4.78, 5) is 21.6. The van der Waals surface area contributed by atoms with Crippen LogP contribution < -0.4 is 20.7 Å². The largest absolute Gasteiger partial charge is 0.497 e. The van der Waals surface area contributed by atoms with Gasteiger partial charge >= 0.3 is 0 Å². The van der Waals surface area contributed by atoms with E-state index in [1.807, 2.05) is 67.6 Å². The van der Waals surface area contributed by atoms with Gasteiger partial charge in [-0.25, -0.2) is 4.98 Å². The average molecular weight is 458 g/mol. The SMILES string of the molecule is COc1ccc(Nc2cc(C)nc(NCCNC(=O)c3cc(-c4ccccc4)nn3C)n2)cc1. The van der Waals surface area contributed by atoms with Gasteiger partial charge in [0.25, 0.3) is 5.91 Å². The molecule has 3 N–H and O–H groups in total. The number of hydrogen-bond acceptors (Lipinski definition) is 7. The van der Waals surface area contributed by atoms with Crippen molar-refractivity contribution in [2.45, 2.75) is 6.92 Å². The highest BCUT2D eigenvalue weighted by molar-refractivity contribution is 5.93. The van der Waals surface area contributed by atoms with Gasteiger partial charge in [-0.05, 0) is 37.3 Å². The van der Waals surface area contributed by atoms with E-state index in [2.05, 4.69) is 31.0 Å². The molecule has 4 aromatic rings. The Bertz CT molecular complexity index is 1250. The maximum atomic E-state index is 12.6. The van der Waals surface area contributed by atoms with E-state index in [-0.39, 0.29) is 5.91 Å². The summed E-state index contributed by atoms with van der Waals surface area (Å²) >= 11 is 0. The maximum absolute atomic E-state index is 12.6. The molecule has 9 nitrogen and oxygen atoms in total. The Morgan fingerprint density at radius 2 is 1.76 bits per heavy atom. The lowest BCUT2D eigenvalue weighted by molar-refractivity contribution is 0.0945. The van der Waals surface area contributed by atoms with Crippen LogP contribution in [0.1, 0.15) is 16.2 Å². The molecule has 174 valence electrons. The van der Waals surface area contributed by atoms with E-state index >= 15 is 0 Å². The van der Waals surface area contributed by atoms with Gasteiger partial charge in [-0.3, -0.25) is 9.48 Å². The number of aromatic nitrogens is 4. The van der Waals surface area contributed by atoms with Crippen molar-refractivity contribution in [2.75, 3.05) is 30.8 Å². The molecule has 0 unspecified atom stereocenters. The molecule has 0 aliphatic rings. The topological polar surface area (TPSA) is 106 Å². The third-order valence-electron chi connectivity index (χ3n) is 5.09. The normalized spacial score (nSPS) is 10.6. The van der Waals surface area contributed by atoms with Gasteiger partial charge in [-0.15, -0.1) is 0 Å². The van der Waals surface area contributed by atoms with Crippen LogP contribution in [0, 0.1) is 6.92 Å². The maximum Gasteiger partial charge on any atom is 0.269 e. The van der Waals surface area contributed by atoms with Crippen LogP contribution in [0.2, 0.25) is 0 Å². The van der Waals surface area contributed by atoms with Crippen molar-refractivity contribution in [3.05, 3.63) is 78.1 Å². The number of hydrogen-bond donors (Lipinski definition) is 3. The summed E-state index contributed by atoms with van der Waals surface area (Å²) in [5.74, 6) is 1.76. The lowest BCUT2D eigenvalue weighted by Crippen LogP contribution is -2.30. The van der Waals surface area contributed by atoms with Crippen molar-refractivity contribution < 1.29 is 9.53 Å². The average Bonchev–Trinajstić information content (AvgIpc) is 3.24. The van der Waals surface area contributed by atoms with Crippen LogP contribution in [0.4, 0.5) is 17.5 Å². The molecule has 0 fully saturated rings. The number of anilines is 3. The molecule has 2 heterocycles. The predicted octanol–water partition coefficient (Wildman–Crippen LogP) is 3.78. The fourth-order valence-electron chi connectivity index (χ4n) is 3.40. The Kier molecular flexibility index (Phi) is 7.02. The Morgan fingerprint density at radius 1 is 1.00 bits per heavy atom. The van der Waals surface area contributed by atoms with E-state index in [0.717, 1.165) is 28.4 Å². The molecule has 0 saturated carbocycles. The van der Waals surface area contributed by atoms with Crippen molar-refractivity contribution in [3.63, 3.8) is 0 Å². The molecule has 4 rings (SSSR count). The highest BCUT2D eigenvalue weighted by Crippen LogP contribution is 2.20. The second-order valence-electron chi connectivity index (χ2n) is 7.66. The van der Waals surface area contributed by atoms with Crippen LogP contribution in [-0.4, -0.2) is 45.9 Å². The number of rotatable bonds is 9. The van der Waals surface area contributed by atoms with Crippen LogP contribution in [0.5, 0.6) is 5.75 Å². The molecule has 0 spiro atoms. The van der Waals surface area contributed by atoms with E-state index < -0.39 is 0 Å². The van der Waals surface area contributed by atoms with Crippen LogP contribution >= 0.6 is 0 Å². The zero-order valence-electron chi connectivity index (χ0n) is 19.4. The van der Waals surface area contributed by atoms with Gasteiger partial charge in [0.2, 0.25) is 5.95 Å². The summed E-state index contributed by atoms with van der Waals surface area (Å²) in [7, 11) is 3.40. The zero-order valence-corrected chi connectivity index (χ0v) is 19.4. The molecule has 2 aromatic carbocycles. The molecule has 0 saturated heterocycles. The van der Waals surface area contributed by atoms with Crippen molar-refractivity contribution >= 4 is 23.4 Å². The van der Waals surface area contributed by atoms with Crippen molar-refractivity contribution in [1.82, 2.24) is 25.1 Å². The fourth-order valence-corrected chi connectivity index (χ4v) is 3.40. The van der Waals surface area contributed by atoms with Crippen LogP contribution in [0.15, 0.2) is 66.7 Å². The van der Waals surface area contributed by atoms with Gasteiger partial charge in [-0.1, -0.05) is 30.3 Å². The summed E-state index contributed by atoms with van der Waals surface area (Å²) in [5.41, 5.74) is 3.94. The van der Waals surface area contributed by atoms with Crippen molar-refractivity contribution in [3.8, 4) is 17.0 Å². The number of nitrogens with zero attached hydrogens (tertiary/aromatic N) is 4. The number of methoxy groups -OCH3 is 1. The van der Waals surface area contributed by atoms with Gasteiger partial charge < -0.3 is 20.7 Å². The highest BCUT2D eigenvalue weighted by Gasteiger charge is 2.14. The van der Waals surface area contributed by atoms with Gasteiger partial charge in [-0.2, -0.15) is 10.1 Å². The molecule has 0 atom stereocenters. The predicted molar refractivity (Wildman–Crippen MR) is 133 cm³/mol. The Morgan fingerprint density at radius 3 is 2.50 bits per heavy atom. The zero-order chi connectivity index (χ0) is 23.9. The van der Waals surface area contributed by atoms with Crippen LogP contribution in [0.3, 0.4) is 0 Å². The Balaban J connectivity index is 1.31. The van der Waals surface area contributed by atoms with Crippen molar-refractivity contribution in [1.29, 1.82) is 0 Å². The minimum Gasteiger partial charge on any atom is -0.497 e. The summed E-state index contributed by atoms with van der Waals surface area (Å²) in [6.45, 7) is 2.78. The van der Waals surface area contributed by atoms with E-state index in [1.54, 1.807) is 24.9 Å². The molecule has 0 radical (unpaired) electrons. The van der Waals surface area contributed by atoms with Crippen molar-refractivity contribution in [2.24, 2.45) is 7.05 Å². The highest BCUT2D eigenvalue weighted by atomic mass is 16.5. The molecule has 0 bridgehead atoms. The summed E-state index contributed by atoms with van der Waals surface area (Å²) in [5, 5.41) is 13.8. The molecule has 9 heteroatoms. The minimum absolute atomic E-state index is 0.189. The molecule has 1 amide bonds. The van der Waals surface area contributed by atoms with Gasteiger partial charge in [0.1, 0.15) is 17.3 Å². The lowest BCUT2D eigenvalue weighted by atomic mass is 10.1. The number of benzene rings is 2. The van der Waals surface area contributed by atoms with Gasteiger partial charge in [0, 0.05) is 43.1 Å². The molecule has 34 heavy (non-hydrogen) atoms. The smallest absolute Gasteiger partial charge is 0.269 e. The lowest BCUT2D eigenvalue weighted by Gasteiger charge is -2.11. The fraction of sp³-hybridized carbons (Fsp3) is 0.200. The number of nitrogens with one attached hydrogen (secondary N) is 3. The monoisotopic (exact) mass is 457 g/mol. The van der Waals surface area contributed by atoms with Gasteiger partial charge in [0.15, 0.2) is 0 Å². The standard InChI is InChI=1S/C25H27N7O2/c1-17-15-23(29-19-9-11-20(34-3)12-10-19)30-25(28-17)27-14-13-26-24(33)22-16-21(31-32(22)2)18-7-5-4-6-8-18/h4-12,15-16H,13-14H2,1-3H3,(H,26,33)(H2,27,28,29,30). The number of carbonyl (C=O) groups is 1. The third-order valence-corrected chi connectivity index (χ3v) is 5.09. The Hall–Kier alpha value is -4.40. The number of amides is 1. The number of carbonyl (C=O) groups excluding carboxylic acids is 1. The van der Waals surface area contributed by atoms with E-state index in [1.165, 1.54) is 0 Å². The first kappa shape index (κ1) is 22.8. The molecule has 0 aliphatic heterocycles. The Labute approximate surface area is 198 Å². The first-order chi connectivity index (χ1) is 16.5. The number of aryl methyl sites for hydroxylation is 2. The van der Waals surface area contributed by atoms with Crippen LogP contribution in [-0.2, 0) is 7.05 Å². The first-order valence-electron chi connectivity index (χ1n) is 10.9. The summed E-state index contributed by atoms with van der Waals surface area (Å²) in [6.07, 6.45) is 0. The number of ether oxygens (including phenoxy) is 1. The quantitative estimate of drug-likeness (QED) is 0.329. The molecule has 2 aromatic heterocycles. The first-order valence-corrected chi connectivity index (χ1v) is 10.9. The van der Waals surface area contributed by atoms with Crippen LogP contribution in [0.25, 0.3) is 11.3 Å². The summed E-state index contributed by atoms with van der Waals surface area (Å²) in [6, 6.07) is 21.0.